The molecule has 0 saturated carbocycles. The topological polar surface area (TPSA) is 0 Å². The molecule has 0 spiro atoms. The van der Waals surface area contributed by atoms with E-state index in [1.807, 2.05) is 12.1 Å². The lowest BCUT2D eigenvalue weighted by atomic mass is 10.0. The van der Waals surface area contributed by atoms with E-state index in [0.29, 0.717) is 0 Å². The van der Waals surface area contributed by atoms with Gasteiger partial charge in [0, 0.05) is 0 Å². The van der Waals surface area contributed by atoms with Gasteiger partial charge in [-0.15, -0.1) is 0 Å². The molecule has 0 aromatic heterocycles. The van der Waals surface area contributed by atoms with Crippen molar-refractivity contribution in [2.45, 2.75) is 13.3 Å². The SMILES string of the molecule is C=C/C=C(/CC)c1ccccc1. The van der Waals surface area contributed by atoms with Gasteiger partial charge in [-0.1, -0.05) is 56.0 Å². The van der Waals surface area contributed by atoms with Gasteiger partial charge in [0.05, 0.1) is 0 Å². The Morgan fingerprint density at radius 2 is 2.00 bits per heavy atom. The zero-order valence-electron chi connectivity index (χ0n) is 7.46. The van der Waals surface area contributed by atoms with Gasteiger partial charge in [0.2, 0.25) is 0 Å². The molecule has 0 atom stereocenters. The summed E-state index contributed by atoms with van der Waals surface area (Å²) in [6, 6.07) is 10.4. The van der Waals surface area contributed by atoms with E-state index in [0.717, 1.165) is 6.42 Å². The smallest absolute Gasteiger partial charge is 0.0225 e. The van der Waals surface area contributed by atoms with Crippen molar-refractivity contribution < 1.29 is 0 Å². The van der Waals surface area contributed by atoms with Crippen LogP contribution in [0.1, 0.15) is 18.9 Å². The Morgan fingerprint density at radius 1 is 1.33 bits per heavy atom. The highest BCUT2D eigenvalue weighted by Gasteiger charge is 1.94. The molecule has 1 aromatic carbocycles. The van der Waals surface area contributed by atoms with Gasteiger partial charge in [-0.2, -0.15) is 0 Å². The lowest BCUT2D eigenvalue weighted by Crippen LogP contribution is -1.80. The van der Waals surface area contributed by atoms with Gasteiger partial charge in [0.25, 0.3) is 0 Å². The summed E-state index contributed by atoms with van der Waals surface area (Å²) in [7, 11) is 0. The Morgan fingerprint density at radius 3 is 2.50 bits per heavy atom. The van der Waals surface area contributed by atoms with Gasteiger partial charge < -0.3 is 0 Å². The molecule has 1 rings (SSSR count). The molecule has 0 aliphatic carbocycles. The Kier molecular flexibility index (Phi) is 3.34. The van der Waals surface area contributed by atoms with E-state index < -0.39 is 0 Å². The Balaban J connectivity index is 2.95. The molecule has 0 bridgehead atoms. The predicted octanol–water partition coefficient (Wildman–Crippen LogP) is 3.67. The highest BCUT2D eigenvalue weighted by Crippen LogP contribution is 2.16. The number of allylic oxidation sites excluding steroid dienone is 3. The highest BCUT2D eigenvalue weighted by molar-refractivity contribution is 5.66. The molecule has 0 nitrogen and oxygen atoms in total. The van der Waals surface area contributed by atoms with Crippen LogP contribution in [0, 0.1) is 0 Å². The highest BCUT2D eigenvalue weighted by atomic mass is 14.0. The molecule has 12 heavy (non-hydrogen) atoms. The molecule has 0 amide bonds. The fourth-order valence-electron chi connectivity index (χ4n) is 1.21. The fourth-order valence-corrected chi connectivity index (χ4v) is 1.21. The van der Waals surface area contributed by atoms with Crippen LogP contribution in [0.4, 0.5) is 0 Å². The van der Waals surface area contributed by atoms with Crippen LogP contribution in [0.2, 0.25) is 0 Å². The van der Waals surface area contributed by atoms with Crippen molar-refractivity contribution in [2.24, 2.45) is 0 Å². The van der Waals surface area contributed by atoms with E-state index in [-0.39, 0.29) is 0 Å². The lowest BCUT2D eigenvalue weighted by molar-refractivity contribution is 1.24. The summed E-state index contributed by atoms with van der Waals surface area (Å²) >= 11 is 0. The zero-order chi connectivity index (χ0) is 8.81. The third-order valence-electron chi connectivity index (χ3n) is 1.84. The molecule has 0 saturated heterocycles. The summed E-state index contributed by atoms with van der Waals surface area (Å²) in [6.45, 7) is 5.85. The second kappa shape index (κ2) is 4.55. The van der Waals surface area contributed by atoms with Gasteiger partial charge in [-0.3, -0.25) is 0 Å². The maximum absolute atomic E-state index is 3.70. The molecular weight excluding hydrogens is 144 g/mol. The van der Waals surface area contributed by atoms with Crippen LogP contribution in [0.5, 0.6) is 0 Å². The Bertz CT molecular complexity index is 267. The summed E-state index contributed by atoms with van der Waals surface area (Å²) in [5.41, 5.74) is 2.63. The van der Waals surface area contributed by atoms with Crippen molar-refractivity contribution >= 4 is 5.57 Å². The minimum Gasteiger partial charge on any atom is -0.0991 e. The molecular formula is C12H14. The zero-order valence-corrected chi connectivity index (χ0v) is 7.46. The van der Waals surface area contributed by atoms with E-state index in [2.05, 4.69) is 43.8 Å². The summed E-state index contributed by atoms with van der Waals surface area (Å²) in [4.78, 5) is 0. The summed E-state index contributed by atoms with van der Waals surface area (Å²) in [5.74, 6) is 0. The minimum absolute atomic E-state index is 1.05. The van der Waals surface area contributed by atoms with Gasteiger partial charge in [-0.25, -0.2) is 0 Å². The molecule has 0 heteroatoms. The summed E-state index contributed by atoms with van der Waals surface area (Å²) in [6.07, 6.45) is 4.96. The molecule has 0 unspecified atom stereocenters. The Labute approximate surface area is 74.2 Å². The summed E-state index contributed by atoms with van der Waals surface area (Å²) in [5, 5.41) is 0. The number of rotatable bonds is 3. The van der Waals surface area contributed by atoms with Crippen molar-refractivity contribution in [3.05, 3.63) is 54.6 Å². The molecule has 0 radical (unpaired) electrons. The van der Waals surface area contributed by atoms with E-state index in [1.165, 1.54) is 11.1 Å². The molecule has 62 valence electrons. The van der Waals surface area contributed by atoms with Crippen LogP contribution in [0.3, 0.4) is 0 Å². The predicted molar refractivity (Wildman–Crippen MR) is 54.9 cm³/mol. The van der Waals surface area contributed by atoms with E-state index in [1.54, 1.807) is 0 Å². The number of benzene rings is 1. The van der Waals surface area contributed by atoms with Crippen LogP contribution in [-0.4, -0.2) is 0 Å². The second-order valence-electron chi connectivity index (χ2n) is 2.65. The molecule has 0 aliphatic rings. The normalized spacial score (nSPS) is 11.2. The van der Waals surface area contributed by atoms with Crippen LogP contribution in [0.25, 0.3) is 5.57 Å². The van der Waals surface area contributed by atoms with Crippen molar-refractivity contribution in [3.63, 3.8) is 0 Å². The molecule has 0 heterocycles. The van der Waals surface area contributed by atoms with Gasteiger partial charge >= 0.3 is 0 Å². The van der Waals surface area contributed by atoms with Gasteiger partial charge in [0.15, 0.2) is 0 Å². The average Bonchev–Trinajstić information content (AvgIpc) is 2.15. The van der Waals surface area contributed by atoms with Crippen LogP contribution >= 0.6 is 0 Å². The first-order chi connectivity index (χ1) is 5.88. The number of hydrogen-bond donors (Lipinski definition) is 0. The van der Waals surface area contributed by atoms with Gasteiger partial charge in [-0.05, 0) is 17.6 Å². The van der Waals surface area contributed by atoms with Crippen molar-refractivity contribution in [3.8, 4) is 0 Å². The quantitative estimate of drug-likeness (QED) is 0.589. The van der Waals surface area contributed by atoms with E-state index in [4.69, 9.17) is 0 Å². The molecule has 0 N–H and O–H groups in total. The number of hydrogen-bond acceptors (Lipinski definition) is 0. The standard InChI is InChI=1S/C12H14/c1-3-8-11(4-2)12-9-6-5-7-10-12/h3,5-10H,1,4H2,2H3/b11-8-. The molecule has 0 aliphatic heterocycles. The second-order valence-corrected chi connectivity index (χ2v) is 2.65. The molecule has 0 fully saturated rings. The summed E-state index contributed by atoms with van der Waals surface area (Å²) < 4.78 is 0. The maximum atomic E-state index is 3.70. The van der Waals surface area contributed by atoms with Crippen LogP contribution in [0.15, 0.2) is 49.1 Å². The Hall–Kier alpha value is -1.30. The molecule has 1 aromatic rings. The average molecular weight is 158 g/mol. The van der Waals surface area contributed by atoms with E-state index >= 15 is 0 Å². The van der Waals surface area contributed by atoms with Gasteiger partial charge in [0.1, 0.15) is 0 Å². The minimum atomic E-state index is 1.05. The van der Waals surface area contributed by atoms with Crippen molar-refractivity contribution in [1.82, 2.24) is 0 Å². The third-order valence-corrected chi connectivity index (χ3v) is 1.84. The first-order valence-electron chi connectivity index (χ1n) is 4.25. The van der Waals surface area contributed by atoms with Crippen LogP contribution in [-0.2, 0) is 0 Å². The van der Waals surface area contributed by atoms with Crippen molar-refractivity contribution in [2.75, 3.05) is 0 Å². The fraction of sp³-hybridized carbons (Fsp3) is 0.167. The van der Waals surface area contributed by atoms with Crippen molar-refractivity contribution in [1.29, 1.82) is 0 Å². The first-order valence-corrected chi connectivity index (χ1v) is 4.25. The monoisotopic (exact) mass is 158 g/mol. The largest absolute Gasteiger partial charge is 0.0991 e. The van der Waals surface area contributed by atoms with E-state index in [9.17, 15) is 0 Å². The lowest BCUT2D eigenvalue weighted by Gasteiger charge is -2.02. The first kappa shape index (κ1) is 8.79. The third kappa shape index (κ3) is 2.09. The van der Waals surface area contributed by atoms with Crippen LogP contribution < -0.4 is 0 Å². The maximum Gasteiger partial charge on any atom is -0.0225 e.